The molecule has 3 rings (SSSR count). The van der Waals surface area contributed by atoms with E-state index in [0.29, 0.717) is 42.6 Å². The average Bonchev–Trinajstić information content (AvgIpc) is 3.09. The van der Waals surface area contributed by atoms with Crippen molar-refractivity contribution in [3.05, 3.63) is 51.9 Å². The number of methoxy groups -OCH3 is 1. The normalized spacial score (nSPS) is 16.5. The zero-order chi connectivity index (χ0) is 18.7. The Hall–Kier alpha value is -1.45. The van der Waals surface area contributed by atoms with Crippen LogP contribution in [0, 0.1) is 0 Å². The average molecular weight is 415 g/mol. The minimum atomic E-state index is -3.47. The minimum absolute atomic E-state index is 0.286. The second-order valence-corrected chi connectivity index (χ2v) is 9.81. The van der Waals surface area contributed by atoms with Gasteiger partial charge in [-0.05, 0) is 29.8 Å². The number of ether oxygens (including phenoxy) is 1. The van der Waals surface area contributed by atoms with Crippen molar-refractivity contribution < 1.29 is 17.9 Å². The molecule has 1 aromatic heterocycles. The third-order valence-electron chi connectivity index (χ3n) is 4.26. The first-order chi connectivity index (χ1) is 12.4. The predicted octanol–water partition coefficient (Wildman–Crippen LogP) is 2.69. The predicted molar refractivity (Wildman–Crippen MR) is 101 cm³/mol. The van der Waals surface area contributed by atoms with Crippen molar-refractivity contribution in [2.45, 2.75) is 10.8 Å². The molecule has 0 amide bonds. The van der Waals surface area contributed by atoms with Gasteiger partial charge in [-0.2, -0.15) is 4.31 Å². The summed E-state index contributed by atoms with van der Waals surface area (Å²) in [6.45, 7) is 2.89. The van der Waals surface area contributed by atoms with Gasteiger partial charge in [-0.3, -0.25) is 4.90 Å². The number of benzene rings is 1. The van der Waals surface area contributed by atoms with Crippen molar-refractivity contribution in [1.29, 1.82) is 0 Å². The van der Waals surface area contributed by atoms with E-state index in [9.17, 15) is 13.2 Å². The van der Waals surface area contributed by atoms with Crippen LogP contribution in [0.3, 0.4) is 0 Å². The number of nitrogens with zero attached hydrogens (tertiary/aromatic N) is 2. The Morgan fingerprint density at radius 3 is 2.31 bits per heavy atom. The van der Waals surface area contributed by atoms with Crippen LogP contribution in [0.4, 0.5) is 0 Å². The molecule has 1 aliphatic rings. The van der Waals surface area contributed by atoms with Crippen molar-refractivity contribution in [2.75, 3.05) is 33.3 Å². The van der Waals surface area contributed by atoms with Gasteiger partial charge in [-0.15, -0.1) is 11.3 Å². The number of carbonyl (C=O) groups is 1. The Kier molecular flexibility index (Phi) is 5.99. The maximum absolute atomic E-state index is 12.6. The first kappa shape index (κ1) is 19.3. The fourth-order valence-corrected chi connectivity index (χ4v) is 5.87. The molecule has 0 spiro atoms. The second-order valence-electron chi connectivity index (χ2n) is 5.93. The molecule has 2 heterocycles. The smallest absolute Gasteiger partial charge is 0.337 e. The van der Waals surface area contributed by atoms with E-state index in [4.69, 9.17) is 11.6 Å². The molecule has 26 heavy (non-hydrogen) atoms. The van der Waals surface area contributed by atoms with Crippen LogP contribution in [0.1, 0.15) is 15.9 Å². The summed E-state index contributed by atoms with van der Waals surface area (Å²) in [7, 11) is -2.11. The molecule has 2 aromatic rings. The van der Waals surface area contributed by atoms with Crippen LogP contribution in [-0.2, 0) is 21.3 Å². The number of piperazine rings is 1. The quantitative estimate of drug-likeness (QED) is 0.704. The monoisotopic (exact) mass is 414 g/mol. The summed E-state index contributed by atoms with van der Waals surface area (Å²) in [6, 6.07) is 10.4. The number of hydrogen-bond acceptors (Lipinski definition) is 6. The van der Waals surface area contributed by atoms with Gasteiger partial charge in [0.05, 0.1) is 17.0 Å². The molecule has 1 fully saturated rings. The van der Waals surface area contributed by atoms with E-state index in [0.717, 1.165) is 16.9 Å². The molecule has 6 nitrogen and oxygen atoms in total. The molecule has 0 unspecified atom stereocenters. The van der Waals surface area contributed by atoms with E-state index in [2.05, 4.69) is 9.64 Å². The van der Waals surface area contributed by atoms with Crippen LogP contribution in [0.2, 0.25) is 4.34 Å². The summed E-state index contributed by atoms with van der Waals surface area (Å²) in [5.74, 6) is -0.357. The Morgan fingerprint density at radius 1 is 1.12 bits per heavy atom. The molecule has 9 heteroatoms. The van der Waals surface area contributed by atoms with Crippen molar-refractivity contribution in [3.8, 4) is 0 Å². The summed E-state index contributed by atoms with van der Waals surface area (Å²) in [5, 5.41) is 0. The standard InChI is InChI=1S/C17H19ClN2O4S2/c1-24-17(21)14-4-2-13(3-5-14)12-19-8-10-20(11-9-19)26(22,23)16-7-6-15(18)25-16/h2-7H,8-12H2,1H3. The highest BCUT2D eigenvalue weighted by molar-refractivity contribution is 7.91. The highest BCUT2D eigenvalue weighted by Gasteiger charge is 2.29. The van der Waals surface area contributed by atoms with E-state index in [-0.39, 0.29) is 10.2 Å². The molecule has 0 radical (unpaired) electrons. The molecular formula is C17H19ClN2O4S2. The zero-order valence-corrected chi connectivity index (χ0v) is 16.6. The maximum Gasteiger partial charge on any atom is 0.337 e. The molecule has 1 aromatic carbocycles. The van der Waals surface area contributed by atoms with Crippen LogP contribution in [0.15, 0.2) is 40.6 Å². The molecule has 0 saturated carbocycles. The van der Waals surface area contributed by atoms with Crippen LogP contribution in [0.25, 0.3) is 0 Å². The van der Waals surface area contributed by atoms with Gasteiger partial charge in [0.15, 0.2) is 0 Å². The molecule has 1 aliphatic heterocycles. The van der Waals surface area contributed by atoms with Gasteiger partial charge in [0.25, 0.3) is 10.0 Å². The Morgan fingerprint density at radius 2 is 1.77 bits per heavy atom. The summed E-state index contributed by atoms with van der Waals surface area (Å²) in [4.78, 5) is 13.7. The van der Waals surface area contributed by atoms with E-state index in [1.807, 2.05) is 12.1 Å². The van der Waals surface area contributed by atoms with Gasteiger partial charge in [-0.25, -0.2) is 13.2 Å². The Balaban J connectivity index is 1.58. The molecule has 1 saturated heterocycles. The van der Waals surface area contributed by atoms with Crippen LogP contribution in [0.5, 0.6) is 0 Å². The minimum Gasteiger partial charge on any atom is -0.465 e. The number of carbonyl (C=O) groups excluding carboxylic acids is 1. The number of rotatable bonds is 5. The fraction of sp³-hybridized carbons (Fsp3) is 0.353. The fourth-order valence-electron chi connectivity index (χ4n) is 2.81. The van der Waals surface area contributed by atoms with Crippen molar-refractivity contribution in [3.63, 3.8) is 0 Å². The molecule has 0 N–H and O–H groups in total. The maximum atomic E-state index is 12.6. The lowest BCUT2D eigenvalue weighted by molar-refractivity contribution is 0.0600. The first-order valence-electron chi connectivity index (χ1n) is 8.05. The highest BCUT2D eigenvalue weighted by Crippen LogP contribution is 2.28. The van der Waals surface area contributed by atoms with Crippen molar-refractivity contribution in [2.24, 2.45) is 0 Å². The lowest BCUT2D eigenvalue weighted by atomic mass is 10.1. The number of esters is 1. The number of thiophene rings is 1. The third kappa shape index (κ3) is 4.27. The first-order valence-corrected chi connectivity index (χ1v) is 10.7. The Labute approximate surface area is 162 Å². The largest absolute Gasteiger partial charge is 0.465 e. The topological polar surface area (TPSA) is 66.9 Å². The van der Waals surface area contributed by atoms with Gasteiger partial charge in [0, 0.05) is 32.7 Å². The molecule has 0 aliphatic carbocycles. The van der Waals surface area contributed by atoms with Crippen LogP contribution < -0.4 is 0 Å². The van der Waals surface area contributed by atoms with Crippen molar-refractivity contribution in [1.82, 2.24) is 9.21 Å². The van der Waals surface area contributed by atoms with Gasteiger partial charge in [0.2, 0.25) is 0 Å². The lowest BCUT2D eigenvalue weighted by Gasteiger charge is -2.33. The van der Waals surface area contributed by atoms with E-state index < -0.39 is 10.0 Å². The number of sulfonamides is 1. The van der Waals surface area contributed by atoms with E-state index in [1.165, 1.54) is 11.4 Å². The summed E-state index contributed by atoms with van der Waals surface area (Å²) in [6.07, 6.45) is 0. The van der Waals surface area contributed by atoms with Crippen molar-refractivity contribution >= 4 is 38.9 Å². The zero-order valence-electron chi connectivity index (χ0n) is 14.2. The summed E-state index contributed by atoms with van der Waals surface area (Å²) >= 11 is 6.94. The van der Waals surface area contributed by atoms with Crippen LogP contribution >= 0.6 is 22.9 Å². The molecule has 0 atom stereocenters. The molecule has 0 bridgehead atoms. The third-order valence-corrected chi connectivity index (χ3v) is 7.85. The van der Waals surface area contributed by atoms with Crippen LogP contribution in [-0.4, -0.2) is 56.9 Å². The van der Waals surface area contributed by atoms with Gasteiger partial charge in [0.1, 0.15) is 4.21 Å². The Bertz CT molecular complexity index is 872. The van der Waals surface area contributed by atoms with Gasteiger partial charge in [-0.1, -0.05) is 23.7 Å². The lowest BCUT2D eigenvalue weighted by Crippen LogP contribution is -2.48. The van der Waals surface area contributed by atoms with Gasteiger partial charge < -0.3 is 4.74 Å². The van der Waals surface area contributed by atoms with Gasteiger partial charge >= 0.3 is 5.97 Å². The molecular weight excluding hydrogens is 396 g/mol. The SMILES string of the molecule is COC(=O)c1ccc(CN2CCN(S(=O)(=O)c3ccc(Cl)s3)CC2)cc1. The highest BCUT2D eigenvalue weighted by atomic mass is 35.5. The summed E-state index contributed by atoms with van der Waals surface area (Å²) in [5.41, 5.74) is 1.58. The second kappa shape index (κ2) is 8.06. The number of halogens is 1. The summed E-state index contributed by atoms with van der Waals surface area (Å²) < 4.78 is 32.2. The molecule has 140 valence electrons. The number of hydrogen-bond donors (Lipinski definition) is 0. The van der Waals surface area contributed by atoms with E-state index in [1.54, 1.807) is 24.3 Å². The van der Waals surface area contributed by atoms with E-state index >= 15 is 0 Å².